The van der Waals surface area contributed by atoms with Gasteiger partial charge >= 0.3 is 0 Å². The Morgan fingerprint density at radius 3 is 1.31 bits per heavy atom. The van der Waals surface area contributed by atoms with Gasteiger partial charge in [-0.2, -0.15) is 0 Å². The number of hydrogen-bond donors (Lipinski definition) is 2. The third-order valence-electron chi connectivity index (χ3n) is 6.70. The normalized spacial score (nSPS) is 24.1. The van der Waals surface area contributed by atoms with Gasteiger partial charge in [-0.15, -0.1) is 0 Å². The van der Waals surface area contributed by atoms with Gasteiger partial charge in [0.2, 0.25) is 0 Å². The molecule has 0 saturated carbocycles. The van der Waals surface area contributed by atoms with E-state index in [2.05, 4.69) is 36.4 Å². The highest BCUT2D eigenvalue weighted by molar-refractivity contribution is 5.61. The van der Waals surface area contributed by atoms with Crippen molar-refractivity contribution in [3.05, 3.63) is 70.8 Å². The summed E-state index contributed by atoms with van der Waals surface area (Å²) in [7, 11) is 0. The van der Waals surface area contributed by atoms with Crippen molar-refractivity contribution in [2.45, 2.75) is 65.2 Å². The lowest BCUT2D eigenvalue weighted by molar-refractivity contribution is 0.325. The van der Waals surface area contributed by atoms with Gasteiger partial charge in [-0.25, -0.2) is 0 Å². The molecule has 2 N–H and O–H groups in total. The van der Waals surface area contributed by atoms with Gasteiger partial charge in [0.05, 0.1) is 13.2 Å². The van der Waals surface area contributed by atoms with Crippen molar-refractivity contribution in [3.63, 3.8) is 0 Å². The number of fused-ring (bicyclic) bond motifs is 10. The lowest BCUT2D eigenvalue weighted by Crippen LogP contribution is -2.04. The minimum atomic E-state index is 0. The topological polar surface area (TPSA) is 58.9 Å². The molecule has 4 aliphatic carbocycles. The van der Waals surface area contributed by atoms with Crippen molar-refractivity contribution in [3.8, 4) is 23.0 Å². The van der Waals surface area contributed by atoms with Gasteiger partial charge in [0.25, 0.3) is 0 Å². The molecule has 0 aromatic heterocycles. The molecule has 0 spiro atoms. The van der Waals surface area contributed by atoms with Gasteiger partial charge in [-0.3, -0.25) is 0 Å². The summed E-state index contributed by atoms with van der Waals surface area (Å²) >= 11 is 0. The summed E-state index contributed by atoms with van der Waals surface area (Å²) < 4.78 is 11.5. The van der Waals surface area contributed by atoms with Gasteiger partial charge in [0, 0.05) is 45.9 Å². The van der Waals surface area contributed by atoms with Crippen LogP contribution in [0.25, 0.3) is 0 Å². The van der Waals surface area contributed by atoms with Crippen LogP contribution in [0.15, 0.2) is 48.6 Å². The van der Waals surface area contributed by atoms with Gasteiger partial charge in [-0.05, 0) is 51.0 Å². The SMILES string of the molecule is C.C.CCOc1ccc(OCC)c2c1C1C=CC2C1.Oc1ccc(O)c2c1C1C=CC2C1. The maximum absolute atomic E-state index is 9.63. The molecule has 0 fully saturated rings. The minimum absolute atomic E-state index is 0. The van der Waals surface area contributed by atoms with E-state index < -0.39 is 0 Å². The summed E-state index contributed by atoms with van der Waals surface area (Å²) in [6, 6.07) is 7.26. The van der Waals surface area contributed by atoms with Gasteiger partial charge in [0.15, 0.2) is 0 Å². The number of phenolic OH excluding ortho intramolecular Hbond substituents is 2. The monoisotopic (exact) mass is 436 g/mol. The van der Waals surface area contributed by atoms with E-state index in [1.165, 1.54) is 17.5 Å². The minimum Gasteiger partial charge on any atom is -0.508 e. The average Bonchev–Trinajstić information content (AvgIpc) is 3.53. The highest BCUT2D eigenvalue weighted by Crippen LogP contribution is 2.55. The summed E-state index contributed by atoms with van der Waals surface area (Å²) in [5, 5.41) is 19.3. The van der Waals surface area contributed by atoms with Crippen LogP contribution in [-0.4, -0.2) is 23.4 Å². The summed E-state index contributed by atoms with van der Waals surface area (Å²) in [6.45, 7) is 5.51. The zero-order chi connectivity index (χ0) is 20.8. The summed E-state index contributed by atoms with van der Waals surface area (Å²) in [4.78, 5) is 0. The Kier molecular flexibility index (Phi) is 6.92. The zero-order valence-electron chi connectivity index (χ0n) is 17.5. The van der Waals surface area contributed by atoms with Crippen molar-refractivity contribution in [1.82, 2.24) is 0 Å². The van der Waals surface area contributed by atoms with Crippen LogP contribution in [0.5, 0.6) is 23.0 Å². The molecule has 4 nitrogen and oxygen atoms in total. The van der Waals surface area contributed by atoms with Crippen LogP contribution < -0.4 is 9.47 Å². The first kappa shape index (κ1) is 23.8. The van der Waals surface area contributed by atoms with Crippen LogP contribution in [0.4, 0.5) is 0 Å². The first-order chi connectivity index (χ1) is 14.6. The fraction of sp³-hybridized carbons (Fsp3) is 0.429. The molecule has 4 aliphatic rings. The summed E-state index contributed by atoms with van der Waals surface area (Å²) in [6.07, 6.45) is 11.1. The van der Waals surface area contributed by atoms with Crippen molar-refractivity contribution in [2.75, 3.05) is 13.2 Å². The Morgan fingerprint density at radius 1 is 0.625 bits per heavy atom. The Morgan fingerprint density at radius 2 is 0.969 bits per heavy atom. The molecule has 4 atom stereocenters. The Balaban J connectivity index is 0.000000175. The van der Waals surface area contributed by atoms with Crippen LogP contribution in [0.3, 0.4) is 0 Å². The van der Waals surface area contributed by atoms with Crippen molar-refractivity contribution < 1.29 is 19.7 Å². The Hall–Kier alpha value is -2.88. The van der Waals surface area contributed by atoms with E-state index in [1.807, 2.05) is 13.8 Å². The smallest absolute Gasteiger partial charge is 0.123 e. The molecule has 0 radical (unpaired) electrons. The fourth-order valence-corrected chi connectivity index (χ4v) is 5.57. The van der Waals surface area contributed by atoms with Gasteiger partial charge in [-0.1, -0.05) is 39.2 Å². The van der Waals surface area contributed by atoms with Gasteiger partial charge < -0.3 is 19.7 Å². The molecule has 0 saturated heterocycles. The van der Waals surface area contributed by atoms with E-state index in [-0.39, 0.29) is 14.9 Å². The number of ether oxygens (including phenoxy) is 2. The molecule has 0 amide bonds. The standard InChI is InChI=1S/C15H18O2.C11H10O2.2CH4/c1-3-16-12-7-8-13(17-4-2)15-11-6-5-10(9-11)14(12)15;12-8-3-4-9(13)11-7-2-1-6(5-7)10(8)11;;/h5-8,10-11H,3-4,9H2,1-2H3;1-4,6-7,12-13H,5H2;2*1H4. The second-order valence-electron chi connectivity index (χ2n) is 8.35. The van der Waals surface area contributed by atoms with E-state index in [0.717, 1.165) is 42.3 Å². The van der Waals surface area contributed by atoms with Crippen molar-refractivity contribution in [1.29, 1.82) is 0 Å². The van der Waals surface area contributed by atoms with E-state index in [9.17, 15) is 10.2 Å². The van der Waals surface area contributed by atoms with E-state index in [1.54, 1.807) is 12.1 Å². The van der Waals surface area contributed by atoms with Crippen molar-refractivity contribution >= 4 is 0 Å². The lowest BCUT2D eigenvalue weighted by atomic mass is 9.95. The molecule has 2 aromatic rings. The predicted octanol–water partition coefficient (Wildman–Crippen LogP) is 7.14. The average molecular weight is 437 g/mol. The molecule has 4 heteroatoms. The second kappa shape index (κ2) is 9.32. The van der Waals surface area contributed by atoms with Crippen LogP contribution in [0.2, 0.25) is 0 Å². The van der Waals surface area contributed by atoms with Crippen LogP contribution >= 0.6 is 0 Å². The van der Waals surface area contributed by atoms with E-state index in [4.69, 9.17) is 9.47 Å². The van der Waals surface area contributed by atoms with Crippen LogP contribution in [0.1, 0.15) is 87.5 Å². The molecule has 0 heterocycles. The highest BCUT2D eigenvalue weighted by atomic mass is 16.5. The largest absolute Gasteiger partial charge is 0.508 e. The van der Waals surface area contributed by atoms with E-state index >= 15 is 0 Å². The van der Waals surface area contributed by atoms with Crippen LogP contribution in [0, 0.1) is 0 Å². The molecule has 2 aromatic carbocycles. The summed E-state index contributed by atoms with van der Waals surface area (Å²) in [5.74, 6) is 4.47. The number of benzene rings is 2. The van der Waals surface area contributed by atoms with Crippen molar-refractivity contribution in [2.24, 2.45) is 0 Å². The maximum Gasteiger partial charge on any atom is 0.123 e. The third-order valence-corrected chi connectivity index (χ3v) is 6.70. The number of phenols is 2. The third kappa shape index (κ3) is 3.66. The summed E-state index contributed by atoms with van der Waals surface area (Å²) in [5.41, 5.74) is 4.61. The lowest BCUT2D eigenvalue weighted by Gasteiger charge is -2.19. The quantitative estimate of drug-likeness (QED) is 0.395. The molecular formula is C28H36O4. The maximum atomic E-state index is 9.63. The molecule has 0 aliphatic heterocycles. The number of allylic oxidation sites excluding steroid dienone is 4. The predicted molar refractivity (Wildman–Crippen MR) is 130 cm³/mol. The molecular weight excluding hydrogens is 400 g/mol. The van der Waals surface area contributed by atoms with Crippen LogP contribution in [-0.2, 0) is 0 Å². The van der Waals surface area contributed by atoms with E-state index in [0.29, 0.717) is 35.2 Å². The number of aromatic hydroxyl groups is 2. The van der Waals surface area contributed by atoms with Gasteiger partial charge in [0.1, 0.15) is 23.0 Å². The first-order valence-corrected chi connectivity index (χ1v) is 11.0. The highest BCUT2D eigenvalue weighted by Gasteiger charge is 2.38. The second-order valence-corrected chi connectivity index (χ2v) is 8.35. The molecule has 4 unspecified atom stereocenters. The fourth-order valence-electron chi connectivity index (χ4n) is 5.57. The molecule has 4 bridgehead atoms. The molecule has 32 heavy (non-hydrogen) atoms. The number of hydrogen-bond acceptors (Lipinski definition) is 4. The number of rotatable bonds is 4. The first-order valence-electron chi connectivity index (χ1n) is 11.0. The zero-order valence-corrected chi connectivity index (χ0v) is 17.5. The molecule has 172 valence electrons. The Bertz CT molecular complexity index is 958. The molecule has 6 rings (SSSR count). The Labute approximate surface area is 192 Å².